The molecule has 0 aromatic heterocycles. The van der Waals surface area contributed by atoms with E-state index in [4.69, 9.17) is 16.3 Å². The van der Waals surface area contributed by atoms with Crippen LogP contribution in [0, 0.1) is 10.1 Å². The largest absolute Gasteiger partial charge is 0.493 e. The van der Waals surface area contributed by atoms with E-state index < -0.39 is 4.92 Å². The average Bonchev–Trinajstić information content (AvgIpc) is 2.24. The standard InChI is InChI=1S/C10H12ClNO3S/c1-2-16-6-5-15-8-3-4-10(12(13)14)9(11)7-8/h3-4,7H,2,5-6H2,1H3. The third-order valence-electron chi connectivity index (χ3n) is 1.82. The Morgan fingerprint density at radius 2 is 2.31 bits per heavy atom. The molecule has 0 amide bonds. The number of nitrogens with zero attached hydrogens (tertiary/aromatic N) is 1. The highest BCUT2D eigenvalue weighted by molar-refractivity contribution is 7.99. The van der Waals surface area contributed by atoms with Crippen molar-refractivity contribution in [3.8, 4) is 5.75 Å². The summed E-state index contributed by atoms with van der Waals surface area (Å²) in [5, 5.41) is 10.6. The lowest BCUT2D eigenvalue weighted by molar-refractivity contribution is -0.384. The molecule has 1 aromatic rings. The van der Waals surface area contributed by atoms with E-state index in [0.717, 1.165) is 11.5 Å². The molecule has 88 valence electrons. The molecule has 0 atom stereocenters. The lowest BCUT2D eigenvalue weighted by atomic mass is 10.3. The van der Waals surface area contributed by atoms with E-state index in [1.165, 1.54) is 12.1 Å². The molecule has 1 aromatic carbocycles. The number of halogens is 1. The van der Waals surface area contributed by atoms with Crippen molar-refractivity contribution in [3.05, 3.63) is 33.3 Å². The van der Waals surface area contributed by atoms with E-state index in [1.54, 1.807) is 17.8 Å². The number of ether oxygens (including phenoxy) is 1. The van der Waals surface area contributed by atoms with Gasteiger partial charge in [0.2, 0.25) is 0 Å². The zero-order valence-corrected chi connectivity index (χ0v) is 10.4. The molecule has 0 fully saturated rings. The molecule has 4 nitrogen and oxygen atoms in total. The summed E-state index contributed by atoms with van der Waals surface area (Å²) >= 11 is 7.51. The van der Waals surface area contributed by atoms with Gasteiger partial charge in [-0.2, -0.15) is 11.8 Å². The number of nitro groups is 1. The lowest BCUT2D eigenvalue weighted by Gasteiger charge is -2.05. The Morgan fingerprint density at radius 1 is 1.56 bits per heavy atom. The monoisotopic (exact) mass is 261 g/mol. The molecule has 0 unspecified atom stereocenters. The van der Waals surface area contributed by atoms with Gasteiger partial charge in [0, 0.05) is 17.9 Å². The lowest BCUT2D eigenvalue weighted by Crippen LogP contribution is -2.00. The van der Waals surface area contributed by atoms with Crippen LogP contribution in [0.1, 0.15) is 6.92 Å². The fourth-order valence-electron chi connectivity index (χ4n) is 1.09. The van der Waals surface area contributed by atoms with Crippen LogP contribution in [0.25, 0.3) is 0 Å². The van der Waals surface area contributed by atoms with Crippen molar-refractivity contribution in [1.82, 2.24) is 0 Å². The molecule has 0 aliphatic rings. The first-order valence-corrected chi connectivity index (χ1v) is 6.33. The SMILES string of the molecule is CCSCCOc1ccc([N+](=O)[O-])c(Cl)c1. The molecule has 0 aliphatic carbocycles. The van der Waals surface area contributed by atoms with Crippen molar-refractivity contribution < 1.29 is 9.66 Å². The van der Waals surface area contributed by atoms with Crippen LogP contribution in [0.5, 0.6) is 5.75 Å². The van der Waals surface area contributed by atoms with Gasteiger partial charge >= 0.3 is 0 Å². The summed E-state index contributed by atoms with van der Waals surface area (Å²) < 4.78 is 5.40. The predicted octanol–water partition coefficient (Wildman–Crippen LogP) is 3.38. The van der Waals surface area contributed by atoms with Crippen molar-refractivity contribution >= 4 is 29.1 Å². The fraction of sp³-hybridized carbons (Fsp3) is 0.400. The summed E-state index contributed by atoms with van der Waals surface area (Å²) in [4.78, 5) is 9.99. The molecule has 1 rings (SSSR count). The molecule has 0 heterocycles. The van der Waals surface area contributed by atoms with E-state index >= 15 is 0 Å². The second kappa shape index (κ2) is 6.60. The maximum Gasteiger partial charge on any atom is 0.288 e. The number of thioether (sulfide) groups is 1. The summed E-state index contributed by atoms with van der Waals surface area (Å²) in [5.41, 5.74) is -0.100. The second-order valence-electron chi connectivity index (χ2n) is 2.92. The van der Waals surface area contributed by atoms with Gasteiger partial charge in [0.1, 0.15) is 10.8 Å². The number of benzene rings is 1. The van der Waals surface area contributed by atoms with Crippen LogP contribution >= 0.6 is 23.4 Å². The van der Waals surface area contributed by atoms with Crippen molar-refractivity contribution in [3.63, 3.8) is 0 Å². The maximum absolute atomic E-state index is 10.5. The van der Waals surface area contributed by atoms with Crippen molar-refractivity contribution in [2.75, 3.05) is 18.1 Å². The first-order valence-electron chi connectivity index (χ1n) is 4.79. The summed E-state index contributed by atoms with van der Waals surface area (Å²) in [6, 6.07) is 4.38. The van der Waals surface area contributed by atoms with E-state index in [2.05, 4.69) is 6.92 Å². The van der Waals surface area contributed by atoms with Gasteiger partial charge in [-0.15, -0.1) is 0 Å². The smallest absolute Gasteiger partial charge is 0.288 e. The minimum atomic E-state index is -0.515. The first-order chi connectivity index (χ1) is 7.65. The minimum absolute atomic E-state index is 0.100. The Kier molecular flexibility index (Phi) is 5.42. The van der Waals surface area contributed by atoms with Crippen LogP contribution < -0.4 is 4.74 Å². The molecule has 0 aliphatic heterocycles. The predicted molar refractivity (Wildman–Crippen MR) is 66.6 cm³/mol. The van der Waals surface area contributed by atoms with Gasteiger partial charge in [-0.25, -0.2) is 0 Å². The number of hydrogen-bond acceptors (Lipinski definition) is 4. The van der Waals surface area contributed by atoms with Gasteiger partial charge in [0.05, 0.1) is 11.5 Å². The Balaban J connectivity index is 2.56. The Bertz CT molecular complexity index is 373. The number of hydrogen-bond donors (Lipinski definition) is 0. The van der Waals surface area contributed by atoms with Crippen LogP contribution in [0.15, 0.2) is 18.2 Å². The molecule has 0 radical (unpaired) electrons. The van der Waals surface area contributed by atoms with Crippen LogP contribution in [-0.2, 0) is 0 Å². The normalized spacial score (nSPS) is 10.1. The molecule has 0 saturated heterocycles. The van der Waals surface area contributed by atoms with E-state index in [1.807, 2.05) is 0 Å². The average molecular weight is 262 g/mol. The summed E-state index contributed by atoms with van der Waals surface area (Å²) in [7, 11) is 0. The molecule has 0 bridgehead atoms. The fourth-order valence-corrected chi connectivity index (χ4v) is 1.82. The molecule has 0 spiro atoms. The van der Waals surface area contributed by atoms with Crippen molar-refractivity contribution in [2.24, 2.45) is 0 Å². The van der Waals surface area contributed by atoms with Gasteiger partial charge in [0.25, 0.3) is 5.69 Å². The van der Waals surface area contributed by atoms with Crippen molar-refractivity contribution in [2.45, 2.75) is 6.92 Å². The van der Waals surface area contributed by atoms with Crippen LogP contribution in [0.3, 0.4) is 0 Å². The van der Waals surface area contributed by atoms with Crippen LogP contribution in [0.2, 0.25) is 5.02 Å². The van der Waals surface area contributed by atoms with Gasteiger partial charge in [-0.1, -0.05) is 18.5 Å². The van der Waals surface area contributed by atoms with Gasteiger partial charge in [-0.05, 0) is 11.8 Å². The van der Waals surface area contributed by atoms with Gasteiger partial charge in [-0.3, -0.25) is 10.1 Å². The highest BCUT2D eigenvalue weighted by Gasteiger charge is 2.12. The third kappa shape index (κ3) is 3.90. The molecule has 0 N–H and O–H groups in total. The maximum atomic E-state index is 10.5. The van der Waals surface area contributed by atoms with Crippen LogP contribution in [-0.4, -0.2) is 23.0 Å². The highest BCUT2D eigenvalue weighted by Crippen LogP contribution is 2.28. The van der Waals surface area contributed by atoms with E-state index in [-0.39, 0.29) is 10.7 Å². The first kappa shape index (κ1) is 13.1. The number of nitro benzene ring substituents is 1. The third-order valence-corrected chi connectivity index (χ3v) is 2.98. The zero-order valence-electron chi connectivity index (χ0n) is 8.81. The van der Waals surface area contributed by atoms with Crippen LogP contribution in [0.4, 0.5) is 5.69 Å². The summed E-state index contributed by atoms with van der Waals surface area (Å²) in [6.07, 6.45) is 0. The number of rotatable bonds is 6. The van der Waals surface area contributed by atoms with Gasteiger partial charge < -0.3 is 4.74 Å². The second-order valence-corrected chi connectivity index (χ2v) is 4.72. The molecular formula is C10H12ClNO3S. The van der Waals surface area contributed by atoms with Crippen molar-refractivity contribution in [1.29, 1.82) is 0 Å². The summed E-state index contributed by atoms with van der Waals surface area (Å²) in [6.45, 7) is 2.65. The van der Waals surface area contributed by atoms with E-state index in [9.17, 15) is 10.1 Å². The highest BCUT2D eigenvalue weighted by atomic mass is 35.5. The Labute approximate surface area is 103 Å². The Morgan fingerprint density at radius 3 is 2.88 bits per heavy atom. The minimum Gasteiger partial charge on any atom is -0.493 e. The molecule has 6 heteroatoms. The molecular weight excluding hydrogens is 250 g/mol. The zero-order chi connectivity index (χ0) is 12.0. The Hall–Kier alpha value is -0.940. The summed E-state index contributed by atoms with van der Waals surface area (Å²) in [5.74, 6) is 2.50. The van der Waals surface area contributed by atoms with E-state index in [0.29, 0.717) is 12.4 Å². The molecule has 16 heavy (non-hydrogen) atoms. The topological polar surface area (TPSA) is 52.4 Å². The van der Waals surface area contributed by atoms with Gasteiger partial charge in [0.15, 0.2) is 0 Å². The quantitative estimate of drug-likeness (QED) is 0.447. The molecule has 0 saturated carbocycles.